The highest BCUT2D eigenvalue weighted by Gasteiger charge is 2.36. The van der Waals surface area contributed by atoms with E-state index in [1.54, 1.807) is 42.5 Å². The zero-order valence-electron chi connectivity index (χ0n) is 12.2. The van der Waals surface area contributed by atoms with Crippen LogP contribution in [0.2, 0.25) is 0 Å². The Bertz CT molecular complexity index is 802. The fraction of sp³-hybridized carbons (Fsp3) is 0.0588. The summed E-state index contributed by atoms with van der Waals surface area (Å²) in [5.41, 5.74) is 1.11. The molecule has 1 fully saturated rings. The van der Waals surface area contributed by atoms with Crippen molar-refractivity contribution in [3.8, 4) is 5.75 Å². The number of halogens is 1. The molecule has 2 amide bonds. The number of anilines is 1. The second-order valence-corrected chi connectivity index (χ2v) is 5.76. The molecule has 0 radical (unpaired) electrons. The summed E-state index contributed by atoms with van der Waals surface area (Å²) in [6, 6.07) is 12.4. The maximum absolute atomic E-state index is 12.9. The van der Waals surface area contributed by atoms with E-state index in [1.807, 2.05) is 0 Å². The summed E-state index contributed by atoms with van der Waals surface area (Å²) in [4.78, 5) is 26.0. The fourth-order valence-electron chi connectivity index (χ4n) is 2.15. The molecule has 0 saturated carbocycles. The Kier molecular flexibility index (Phi) is 4.16. The summed E-state index contributed by atoms with van der Waals surface area (Å²) in [6.45, 7) is 0. The minimum absolute atomic E-state index is 0.296. The van der Waals surface area contributed by atoms with Crippen LogP contribution in [0.15, 0.2) is 53.4 Å². The quantitative estimate of drug-likeness (QED) is 0.796. The van der Waals surface area contributed by atoms with Gasteiger partial charge in [0.15, 0.2) is 0 Å². The Morgan fingerprint density at radius 3 is 2.57 bits per heavy atom. The molecule has 0 bridgehead atoms. The summed E-state index contributed by atoms with van der Waals surface area (Å²) in [5.74, 6) is -0.201. The topological polar surface area (TPSA) is 46.6 Å². The van der Waals surface area contributed by atoms with Crippen LogP contribution in [0, 0.1) is 5.82 Å². The van der Waals surface area contributed by atoms with Crippen LogP contribution in [0.5, 0.6) is 5.75 Å². The highest BCUT2D eigenvalue weighted by molar-refractivity contribution is 8.19. The molecule has 116 valence electrons. The molecular weight excluding hydrogens is 317 g/mol. The first-order chi connectivity index (χ1) is 11.1. The van der Waals surface area contributed by atoms with E-state index in [-0.39, 0.29) is 11.1 Å². The van der Waals surface area contributed by atoms with Gasteiger partial charge in [0, 0.05) is 6.07 Å². The van der Waals surface area contributed by atoms with Crippen LogP contribution in [0.25, 0.3) is 6.08 Å². The van der Waals surface area contributed by atoms with Crippen LogP contribution < -0.4 is 9.64 Å². The van der Waals surface area contributed by atoms with Gasteiger partial charge in [0.05, 0.1) is 17.7 Å². The summed E-state index contributed by atoms with van der Waals surface area (Å²) >= 11 is 0.853. The van der Waals surface area contributed by atoms with Crippen molar-refractivity contribution in [2.75, 3.05) is 12.0 Å². The molecule has 0 spiro atoms. The second-order valence-electron chi connectivity index (χ2n) is 4.77. The lowest BCUT2D eigenvalue weighted by Gasteiger charge is -2.13. The van der Waals surface area contributed by atoms with Gasteiger partial charge in [-0.3, -0.25) is 9.59 Å². The number of thioether (sulfide) groups is 1. The van der Waals surface area contributed by atoms with Gasteiger partial charge < -0.3 is 4.74 Å². The molecule has 2 aromatic carbocycles. The first-order valence-corrected chi connectivity index (χ1v) is 7.58. The zero-order chi connectivity index (χ0) is 16.4. The van der Waals surface area contributed by atoms with Crippen molar-refractivity contribution in [3.63, 3.8) is 0 Å². The summed E-state index contributed by atoms with van der Waals surface area (Å²) < 4.78 is 18.0. The maximum Gasteiger partial charge on any atom is 0.298 e. The van der Waals surface area contributed by atoms with Gasteiger partial charge in [0.1, 0.15) is 11.6 Å². The van der Waals surface area contributed by atoms with E-state index in [1.165, 1.54) is 19.2 Å². The van der Waals surface area contributed by atoms with Gasteiger partial charge in [-0.1, -0.05) is 18.2 Å². The largest absolute Gasteiger partial charge is 0.497 e. The lowest BCUT2D eigenvalue weighted by molar-refractivity contribution is -0.113. The summed E-state index contributed by atoms with van der Waals surface area (Å²) in [7, 11) is 1.52. The SMILES string of the molecule is COc1cccc(N2C(=O)S/C(=C\c3ccc(F)cc3)C2=O)c1. The van der Waals surface area contributed by atoms with E-state index < -0.39 is 5.91 Å². The number of hydrogen-bond acceptors (Lipinski definition) is 4. The molecule has 23 heavy (non-hydrogen) atoms. The highest BCUT2D eigenvalue weighted by atomic mass is 32.2. The molecule has 4 nitrogen and oxygen atoms in total. The number of nitrogens with zero attached hydrogens (tertiary/aromatic N) is 1. The second kappa shape index (κ2) is 6.26. The minimum Gasteiger partial charge on any atom is -0.497 e. The Morgan fingerprint density at radius 1 is 1.13 bits per heavy atom. The number of amides is 2. The maximum atomic E-state index is 12.9. The van der Waals surface area contributed by atoms with Crippen LogP contribution in [0.3, 0.4) is 0 Å². The predicted molar refractivity (Wildman–Crippen MR) is 87.8 cm³/mol. The Hall–Kier alpha value is -2.60. The molecule has 1 saturated heterocycles. The third kappa shape index (κ3) is 3.12. The number of rotatable bonds is 3. The Balaban J connectivity index is 1.91. The van der Waals surface area contributed by atoms with Crippen molar-refractivity contribution in [2.45, 2.75) is 0 Å². The standard InChI is InChI=1S/C17H12FNO3S/c1-22-14-4-2-3-13(10-14)19-16(20)15(23-17(19)21)9-11-5-7-12(18)8-6-11/h2-10H,1H3/b15-9-. The normalized spacial score (nSPS) is 16.3. The van der Waals surface area contributed by atoms with E-state index in [2.05, 4.69) is 0 Å². The molecular formula is C17H12FNO3S. The molecule has 1 aliphatic rings. The van der Waals surface area contributed by atoms with E-state index in [0.29, 0.717) is 21.9 Å². The molecule has 6 heteroatoms. The van der Waals surface area contributed by atoms with Gasteiger partial charge >= 0.3 is 0 Å². The van der Waals surface area contributed by atoms with Gasteiger partial charge in [-0.2, -0.15) is 0 Å². The molecule has 0 unspecified atom stereocenters. The first-order valence-electron chi connectivity index (χ1n) is 6.76. The van der Waals surface area contributed by atoms with Gasteiger partial charge in [-0.25, -0.2) is 9.29 Å². The van der Waals surface area contributed by atoms with Crippen molar-refractivity contribution in [1.82, 2.24) is 0 Å². The van der Waals surface area contributed by atoms with E-state index in [4.69, 9.17) is 4.74 Å². The average Bonchev–Trinajstić information content (AvgIpc) is 2.83. The minimum atomic E-state index is -0.405. The molecule has 2 aromatic rings. The third-order valence-electron chi connectivity index (χ3n) is 3.27. The van der Waals surface area contributed by atoms with E-state index >= 15 is 0 Å². The van der Waals surface area contributed by atoms with Crippen LogP contribution >= 0.6 is 11.8 Å². The lowest BCUT2D eigenvalue weighted by atomic mass is 10.2. The molecule has 0 aromatic heterocycles. The van der Waals surface area contributed by atoms with Crippen LogP contribution in [-0.4, -0.2) is 18.3 Å². The highest BCUT2D eigenvalue weighted by Crippen LogP contribution is 2.36. The molecule has 1 heterocycles. The monoisotopic (exact) mass is 329 g/mol. The summed E-state index contributed by atoms with van der Waals surface area (Å²) in [6.07, 6.45) is 1.57. The molecule has 0 atom stereocenters. The Labute approximate surface area is 136 Å². The van der Waals surface area contributed by atoms with Crippen LogP contribution in [0.4, 0.5) is 14.9 Å². The van der Waals surface area contributed by atoms with Crippen molar-refractivity contribution in [1.29, 1.82) is 0 Å². The summed E-state index contributed by atoms with van der Waals surface area (Å²) in [5, 5.41) is -0.378. The van der Waals surface area contributed by atoms with Crippen molar-refractivity contribution in [3.05, 3.63) is 64.8 Å². The number of hydrogen-bond donors (Lipinski definition) is 0. The average molecular weight is 329 g/mol. The number of carbonyl (C=O) groups is 2. The lowest BCUT2D eigenvalue weighted by Crippen LogP contribution is -2.27. The molecule has 1 aliphatic heterocycles. The smallest absolute Gasteiger partial charge is 0.298 e. The fourth-order valence-corrected chi connectivity index (χ4v) is 2.99. The Morgan fingerprint density at radius 2 is 1.87 bits per heavy atom. The van der Waals surface area contributed by atoms with Crippen molar-refractivity contribution in [2.24, 2.45) is 0 Å². The van der Waals surface area contributed by atoms with Crippen LogP contribution in [-0.2, 0) is 4.79 Å². The van der Waals surface area contributed by atoms with Gasteiger partial charge in [0.25, 0.3) is 11.1 Å². The van der Waals surface area contributed by atoms with Crippen molar-refractivity contribution < 1.29 is 18.7 Å². The number of benzene rings is 2. The van der Waals surface area contributed by atoms with E-state index in [0.717, 1.165) is 16.7 Å². The zero-order valence-corrected chi connectivity index (χ0v) is 13.0. The first kappa shape index (κ1) is 15.3. The predicted octanol–water partition coefficient (Wildman–Crippen LogP) is 4.08. The van der Waals surface area contributed by atoms with Gasteiger partial charge in [-0.05, 0) is 47.7 Å². The number of carbonyl (C=O) groups excluding carboxylic acids is 2. The van der Waals surface area contributed by atoms with E-state index in [9.17, 15) is 14.0 Å². The van der Waals surface area contributed by atoms with Gasteiger partial charge in [0.2, 0.25) is 0 Å². The van der Waals surface area contributed by atoms with Crippen LogP contribution in [0.1, 0.15) is 5.56 Å². The van der Waals surface area contributed by atoms with Gasteiger partial charge in [-0.15, -0.1) is 0 Å². The molecule has 3 rings (SSSR count). The molecule has 0 N–H and O–H groups in total. The number of methoxy groups -OCH3 is 1. The van der Waals surface area contributed by atoms with Crippen molar-refractivity contribution >= 4 is 34.7 Å². The number of ether oxygens (including phenoxy) is 1. The third-order valence-corrected chi connectivity index (χ3v) is 4.14. The molecule has 0 aliphatic carbocycles. The number of imide groups is 1.